The van der Waals surface area contributed by atoms with Gasteiger partial charge in [0.25, 0.3) is 5.91 Å². The Labute approximate surface area is 107 Å². The van der Waals surface area contributed by atoms with E-state index in [-0.39, 0.29) is 22.2 Å². The maximum atomic E-state index is 12.8. The molecule has 0 aliphatic heterocycles. The molecule has 0 aliphatic rings. The molecule has 4 nitrogen and oxygen atoms in total. The Morgan fingerprint density at radius 2 is 2.11 bits per heavy atom. The summed E-state index contributed by atoms with van der Waals surface area (Å²) in [6.07, 6.45) is 0. The number of carbonyl (C=O) groups excluding carboxylic acids is 1. The molecule has 18 heavy (non-hydrogen) atoms. The monoisotopic (exact) mass is 266 g/mol. The molecule has 2 aromatic rings. The first-order valence-electron chi connectivity index (χ1n) is 4.98. The average molecular weight is 267 g/mol. The molecular weight excluding hydrogens is 259 g/mol. The molecule has 1 aromatic carbocycles. The number of phenols is 1. The van der Waals surface area contributed by atoms with Crippen molar-refractivity contribution in [3.63, 3.8) is 0 Å². The minimum Gasteiger partial charge on any atom is -0.508 e. The van der Waals surface area contributed by atoms with Crippen molar-refractivity contribution in [1.82, 2.24) is 4.98 Å². The van der Waals surface area contributed by atoms with Gasteiger partial charge < -0.3 is 10.4 Å². The van der Waals surface area contributed by atoms with E-state index in [4.69, 9.17) is 11.6 Å². The molecule has 92 valence electrons. The van der Waals surface area contributed by atoms with Gasteiger partial charge in [-0.15, -0.1) is 0 Å². The second kappa shape index (κ2) is 5.01. The summed E-state index contributed by atoms with van der Waals surface area (Å²) < 4.78 is 12.8. The Morgan fingerprint density at radius 3 is 2.83 bits per heavy atom. The van der Waals surface area contributed by atoms with Crippen molar-refractivity contribution in [3.8, 4) is 5.75 Å². The summed E-state index contributed by atoms with van der Waals surface area (Å²) in [6, 6.07) is 8.00. The zero-order chi connectivity index (χ0) is 13.1. The molecule has 2 N–H and O–H groups in total. The van der Waals surface area contributed by atoms with Crippen LogP contribution in [0.1, 0.15) is 10.4 Å². The van der Waals surface area contributed by atoms with E-state index in [1.54, 1.807) is 0 Å². The third kappa shape index (κ3) is 2.75. The SMILES string of the molecule is O=C(Nc1cccc(F)n1)c1cc(O)ccc1Cl. The Kier molecular flexibility index (Phi) is 3.43. The van der Waals surface area contributed by atoms with Crippen molar-refractivity contribution in [2.45, 2.75) is 0 Å². The van der Waals surface area contributed by atoms with Crippen LogP contribution in [0.4, 0.5) is 10.2 Å². The molecule has 0 unspecified atom stereocenters. The highest BCUT2D eigenvalue weighted by atomic mass is 35.5. The first-order valence-corrected chi connectivity index (χ1v) is 5.36. The molecule has 1 aromatic heterocycles. The van der Waals surface area contributed by atoms with Crippen molar-refractivity contribution in [1.29, 1.82) is 0 Å². The summed E-state index contributed by atoms with van der Waals surface area (Å²) in [5.74, 6) is -1.29. The molecule has 0 atom stereocenters. The van der Waals surface area contributed by atoms with Gasteiger partial charge in [-0.05, 0) is 30.3 Å². The van der Waals surface area contributed by atoms with Gasteiger partial charge in [0.05, 0.1) is 10.6 Å². The predicted octanol–water partition coefficient (Wildman–Crippen LogP) is 2.83. The van der Waals surface area contributed by atoms with Crippen molar-refractivity contribution >= 4 is 23.3 Å². The number of phenolic OH excluding ortho intramolecular Hbond substituents is 1. The molecular formula is C12H8ClFN2O2. The lowest BCUT2D eigenvalue weighted by Crippen LogP contribution is -2.13. The Hall–Kier alpha value is -2.14. The minimum absolute atomic E-state index is 0.0689. The van der Waals surface area contributed by atoms with E-state index in [2.05, 4.69) is 10.3 Å². The van der Waals surface area contributed by atoms with Crippen molar-refractivity contribution in [2.24, 2.45) is 0 Å². The number of hydrogen-bond donors (Lipinski definition) is 2. The van der Waals surface area contributed by atoms with Gasteiger partial charge in [0.2, 0.25) is 5.95 Å². The molecule has 1 amide bonds. The van der Waals surface area contributed by atoms with Crippen LogP contribution >= 0.6 is 11.6 Å². The van der Waals surface area contributed by atoms with Gasteiger partial charge in [-0.2, -0.15) is 4.39 Å². The smallest absolute Gasteiger partial charge is 0.258 e. The van der Waals surface area contributed by atoms with Crippen LogP contribution in [-0.4, -0.2) is 16.0 Å². The van der Waals surface area contributed by atoms with E-state index in [0.29, 0.717) is 0 Å². The van der Waals surface area contributed by atoms with E-state index in [9.17, 15) is 14.3 Å². The number of amides is 1. The fourth-order valence-corrected chi connectivity index (χ4v) is 1.55. The lowest BCUT2D eigenvalue weighted by molar-refractivity contribution is 0.102. The zero-order valence-corrected chi connectivity index (χ0v) is 9.78. The number of carbonyl (C=O) groups is 1. The van der Waals surface area contributed by atoms with Crippen LogP contribution in [0.15, 0.2) is 36.4 Å². The van der Waals surface area contributed by atoms with E-state index in [1.165, 1.54) is 30.3 Å². The summed E-state index contributed by atoms with van der Waals surface area (Å²) in [4.78, 5) is 15.3. The summed E-state index contributed by atoms with van der Waals surface area (Å²) >= 11 is 5.82. The number of aromatic nitrogens is 1. The van der Waals surface area contributed by atoms with E-state index in [0.717, 1.165) is 6.07 Å². The number of benzene rings is 1. The molecule has 0 radical (unpaired) electrons. The number of nitrogens with one attached hydrogen (secondary N) is 1. The van der Waals surface area contributed by atoms with Gasteiger partial charge in [0, 0.05) is 0 Å². The highest BCUT2D eigenvalue weighted by Crippen LogP contribution is 2.22. The van der Waals surface area contributed by atoms with Crippen LogP contribution < -0.4 is 5.32 Å². The number of halogens is 2. The first kappa shape index (κ1) is 12.3. The topological polar surface area (TPSA) is 62.2 Å². The quantitative estimate of drug-likeness (QED) is 0.822. The van der Waals surface area contributed by atoms with Crippen LogP contribution in [0.2, 0.25) is 5.02 Å². The number of hydrogen-bond acceptors (Lipinski definition) is 3. The van der Waals surface area contributed by atoms with Gasteiger partial charge in [-0.1, -0.05) is 17.7 Å². The highest BCUT2D eigenvalue weighted by Gasteiger charge is 2.12. The molecule has 0 saturated carbocycles. The number of anilines is 1. The van der Waals surface area contributed by atoms with E-state index in [1.807, 2.05) is 0 Å². The standard InChI is InChI=1S/C12H8ClFN2O2/c13-9-5-4-7(17)6-8(9)12(18)16-11-3-1-2-10(14)15-11/h1-6,17H,(H,15,16,18). The molecule has 0 spiro atoms. The molecule has 1 heterocycles. The number of nitrogens with zero attached hydrogens (tertiary/aromatic N) is 1. The Balaban J connectivity index is 2.24. The van der Waals surface area contributed by atoms with E-state index >= 15 is 0 Å². The van der Waals surface area contributed by atoms with Gasteiger partial charge >= 0.3 is 0 Å². The Bertz CT molecular complexity index is 604. The third-order valence-corrected chi connectivity index (χ3v) is 2.48. The van der Waals surface area contributed by atoms with Crippen molar-refractivity contribution < 1.29 is 14.3 Å². The number of aromatic hydroxyl groups is 1. The molecule has 6 heteroatoms. The van der Waals surface area contributed by atoms with Gasteiger partial charge in [0.15, 0.2) is 0 Å². The summed E-state index contributed by atoms with van der Waals surface area (Å²) in [5.41, 5.74) is 0.0859. The molecule has 0 bridgehead atoms. The van der Waals surface area contributed by atoms with Gasteiger partial charge in [0.1, 0.15) is 11.6 Å². The highest BCUT2D eigenvalue weighted by molar-refractivity contribution is 6.34. The molecule has 0 aliphatic carbocycles. The maximum Gasteiger partial charge on any atom is 0.258 e. The lowest BCUT2D eigenvalue weighted by Gasteiger charge is -2.06. The molecule has 2 rings (SSSR count). The normalized spacial score (nSPS) is 10.1. The van der Waals surface area contributed by atoms with E-state index < -0.39 is 11.9 Å². The molecule has 0 fully saturated rings. The van der Waals surface area contributed by atoms with Crippen molar-refractivity contribution in [3.05, 3.63) is 52.9 Å². The summed E-state index contributed by atoms with van der Waals surface area (Å²) in [6.45, 7) is 0. The fourth-order valence-electron chi connectivity index (χ4n) is 1.35. The summed E-state index contributed by atoms with van der Waals surface area (Å²) in [7, 11) is 0. The second-order valence-electron chi connectivity index (χ2n) is 3.46. The van der Waals surface area contributed by atoms with Crippen LogP contribution in [0, 0.1) is 5.95 Å². The van der Waals surface area contributed by atoms with Crippen LogP contribution in [0.5, 0.6) is 5.75 Å². The minimum atomic E-state index is -0.699. The zero-order valence-electron chi connectivity index (χ0n) is 9.02. The first-order chi connectivity index (χ1) is 8.56. The largest absolute Gasteiger partial charge is 0.508 e. The summed E-state index contributed by atoms with van der Waals surface area (Å²) in [5, 5.41) is 11.8. The number of rotatable bonds is 2. The van der Waals surface area contributed by atoms with Crippen LogP contribution in [-0.2, 0) is 0 Å². The van der Waals surface area contributed by atoms with Gasteiger partial charge in [-0.3, -0.25) is 4.79 Å². The second-order valence-corrected chi connectivity index (χ2v) is 3.87. The van der Waals surface area contributed by atoms with Crippen LogP contribution in [0.3, 0.4) is 0 Å². The lowest BCUT2D eigenvalue weighted by atomic mass is 10.2. The van der Waals surface area contributed by atoms with Crippen molar-refractivity contribution in [2.75, 3.05) is 5.32 Å². The van der Waals surface area contributed by atoms with Crippen LogP contribution in [0.25, 0.3) is 0 Å². The van der Waals surface area contributed by atoms with Gasteiger partial charge in [-0.25, -0.2) is 4.98 Å². The third-order valence-electron chi connectivity index (χ3n) is 2.15. The fraction of sp³-hybridized carbons (Fsp3) is 0. The number of pyridine rings is 1. The predicted molar refractivity (Wildman–Crippen MR) is 65.3 cm³/mol. The maximum absolute atomic E-state index is 12.8. The molecule has 0 saturated heterocycles. The average Bonchev–Trinajstić information content (AvgIpc) is 2.32. The Morgan fingerprint density at radius 1 is 1.33 bits per heavy atom.